The summed E-state index contributed by atoms with van der Waals surface area (Å²) in [5.74, 6) is 0.615. The monoisotopic (exact) mass is 343 g/mol. The van der Waals surface area contributed by atoms with E-state index in [0.717, 1.165) is 28.1 Å². The molecule has 3 rings (SSSR count). The second kappa shape index (κ2) is 7.08. The lowest BCUT2D eigenvalue weighted by Crippen LogP contribution is -2.00. The second-order valence-corrected chi connectivity index (χ2v) is 6.03. The summed E-state index contributed by atoms with van der Waals surface area (Å²) < 4.78 is 7.18. The summed E-state index contributed by atoms with van der Waals surface area (Å²) in [5, 5.41) is 22.4. The molecule has 0 fully saturated rings. The molecular weight excluding hydrogens is 326 g/mol. The Bertz CT molecular complexity index is 1060. The van der Waals surface area contributed by atoms with Crippen LogP contribution in [0.4, 0.5) is 0 Å². The van der Waals surface area contributed by atoms with Crippen molar-refractivity contribution < 1.29 is 4.52 Å². The zero-order valence-corrected chi connectivity index (χ0v) is 14.8. The molecular formula is C20H17N5O. The highest BCUT2D eigenvalue weighted by atomic mass is 16.5. The van der Waals surface area contributed by atoms with Crippen LogP contribution in [0, 0.1) is 43.4 Å². The Labute approximate surface area is 151 Å². The van der Waals surface area contributed by atoms with Crippen molar-refractivity contribution in [1.82, 2.24) is 14.7 Å². The molecule has 0 radical (unpaired) electrons. The number of hydrogen-bond acceptors (Lipinski definition) is 5. The second-order valence-electron chi connectivity index (χ2n) is 6.03. The molecule has 6 heteroatoms. The molecule has 26 heavy (non-hydrogen) atoms. The predicted molar refractivity (Wildman–Crippen MR) is 97.5 cm³/mol. The maximum atomic E-state index is 9.52. The standard InChI is InChI=1S/C20H17N5O/c1-13-4-6-16(7-5-13)19-23-20(26-24-19)18(12-22)11-17-10-14(2)25(9-8-21)15(17)3/h4-7,10-11H,9H2,1-3H3. The van der Waals surface area contributed by atoms with Gasteiger partial charge < -0.3 is 9.09 Å². The van der Waals surface area contributed by atoms with Crippen LogP contribution in [0.5, 0.6) is 0 Å². The van der Waals surface area contributed by atoms with Crippen LogP contribution >= 0.6 is 0 Å². The summed E-state index contributed by atoms with van der Waals surface area (Å²) >= 11 is 0. The first-order valence-electron chi connectivity index (χ1n) is 8.10. The Hall–Kier alpha value is -3.64. The SMILES string of the molecule is Cc1ccc(-c2noc(C(C#N)=Cc3cc(C)n(CC#N)c3C)n2)cc1. The molecule has 0 N–H and O–H groups in total. The first-order chi connectivity index (χ1) is 12.5. The van der Waals surface area contributed by atoms with Crippen LogP contribution in [0.2, 0.25) is 0 Å². The number of aryl methyl sites for hydroxylation is 2. The summed E-state index contributed by atoms with van der Waals surface area (Å²) in [6.45, 7) is 6.11. The van der Waals surface area contributed by atoms with Gasteiger partial charge in [-0.3, -0.25) is 0 Å². The molecule has 128 valence electrons. The fourth-order valence-corrected chi connectivity index (χ4v) is 2.74. The molecule has 0 unspecified atom stereocenters. The Balaban J connectivity index is 1.97. The number of hydrogen-bond donors (Lipinski definition) is 0. The Kier molecular flexibility index (Phi) is 4.68. The molecule has 2 heterocycles. The van der Waals surface area contributed by atoms with Crippen LogP contribution in [-0.2, 0) is 6.54 Å². The highest BCUT2D eigenvalue weighted by molar-refractivity contribution is 5.87. The average molecular weight is 343 g/mol. The molecule has 0 amide bonds. The maximum absolute atomic E-state index is 9.52. The number of nitrogens with zero attached hydrogens (tertiary/aromatic N) is 5. The molecule has 0 saturated heterocycles. The van der Waals surface area contributed by atoms with Gasteiger partial charge in [-0.1, -0.05) is 35.0 Å². The molecule has 0 aliphatic heterocycles. The third-order valence-electron chi connectivity index (χ3n) is 4.23. The van der Waals surface area contributed by atoms with Crippen LogP contribution in [0.15, 0.2) is 34.9 Å². The number of aromatic nitrogens is 3. The normalized spacial score (nSPS) is 11.2. The minimum Gasteiger partial charge on any atom is -0.335 e. The first kappa shape index (κ1) is 17.2. The van der Waals surface area contributed by atoms with Crippen molar-refractivity contribution in [2.75, 3.05) is 0 Å². The van der Waals surface area contributed by atoms with Gasteiger partial charge in [0.25, 0.3) is 5.89 Å². The minimum absolute atomic E-state index is 0.174. The van der Waals surface area contributed by atoms with Crippen LogP contribution in [0.1, 0.15) is 28.4 Å². The van der Waals surface area contributed by atoms with Crippen LogP contribution in [0.3, 0.4) is 0 Å². The highest BCUT2D eigenvalue weighted by Gasteiger charge is 2.15. The summed E-state index contributed by atoms with van der Waals surface area (Å²) in [6, 6.07) is 14.0. The van der Waals surface area contributed by atoms with Crippen LogP contribution in [0.25, 0.3) is 23.0 Å². The van der Waals surface area contributed by atoms with Gasteiger partial charge in [-0.05, 0) is 38.5 Å². The van der Waals surface area contributed by atoms with E-state index in [0.29, 0.717) is 5.82 Å². The molecule has 0 bridgehead atoms. The van der Waals surface area contributed by atoms with Crippen molar-refractivity contribution >= 4 is 11.6 Å². The van der Waals surface area contributed by atoms with E-state index in [2.05, 4.69) is 22.3 Å². The largest absolute Gasteiger partial charge is 0.335 e. The lowest BCUT2D eigenvalue weighted by atomic mass is 10.1. The molecule has 6 nitrogen and oxygen atoms in total. The van der Waals surface area contributed by atoms with Crippen molar-refractivity contribution in [1.29, 1.82) is 10.5 Å². The number of rotatable bonds is 4. The van der Waals surface area contributed by atoms with Crippen LogP contribution in [-0.4, -0.2) is 14.7 Å². The minimum atomic E-state index is 0.174. The van der Waals surface area contributed by atoms with Gasteiger partial charge in [0.05, 0.1) is 6.07 Å². The molecule has 0 aliphatic rings. The van der Waals surface area contributed by atoms with Crippen molar-refractivity contribution in [2.24, 2.45) is 0 Å². The van der Waals surface area contributed by atoms with E-state index < -0.39 is 0 Å². The number of benzene rings is 1. The van der Waals surface area contributed by atoms with Crippen molar-refractivity contribution in [2.45, 2.75) is 27.3 Å². The lowest BCUT2D eigenvalue weighted by molar-refractivity contribution is 0.409. The van der Waals surface area contributed by atoms with Gasteiger partial charge in [0.15, 0.2) is 0 Å². The molecule has 1 aromatic carbocycles. The van der Waals surface area contributed by atoms with Crippen molar-refractivity contribution in [3.8, 4) is 23.5 Å². The Morgan fingerprint density at radius 2 is 1.92 bits per heavy atom. The van der Waals surface area contributed by atoms with Gasteiger partial charge in [-0.2, -0.15) is 15.5 Å². The van der Waals surface area contributed by atoms with Gasteiger partial charge in [0, 0.05) is 17.0 Å². The van der Waals surface area contributed by atoms with Gasteiger partial charge in [0.1, 0.15) is 18.2 Å². The van der Waals surface area contributed by atoms with Gasteiger partial charge in [-0.15, -0.1) is 0 Å². The van der Waals surface area contributed by atoms with Crippen LogP contribution < -0.4 is 0 Å². The summed E-state index contributed by atoms with van der Waals surface area (Å²) in [4.78, 5) is 4.35. The summed E-state index contributed by atoms with van der Waals surface area (Å²) in [6.07, 6.45) is 1.71. The lowest BCUT2D eigenvalue weighted by Gasteiger charge is -2.02. The van der Waals surface area contributed by atoms with E-state index in [1.807, 2.05) is 55.7 Å². The van der Waals surface area contributed by atoms with E-state index in [1.165, 1.54) is 0 Å². The van der Waals surface area contributed by atoms with E-state index in [9.17, 15) is 5.26 Å². The van der Waals surface area contributed by atoms with E-state index in [1.54, 1.807) is 6.08 Å². The maximum Gasteiger partial charge on any atom is 0.268 e. The molecule has 3 aromatic rings. The summed E-state index contributed by atoms with van der Waals surface area (Å²) in [7, 11) is 0. The first-order valence-corrected chi connectivity index (χ1v) is 8.10. The fourth-order valence-electron chi connectivity index (χ4n) is 2.74. The molecule has 0 aliphatic carbocycles. The zero-order chi connectivity index (χ0) is 18.7. The Morgan fingerprint density at radius 3 is 2.58 bits per heavy atom. The Morgan fingerprint density at radius 1 is 1.19 bits per heavy atom. The third kappa shape index (κ3) is 3.26. The highest BCUT2D eigenvalue weighted by Crippen LogP contribution is 2.24. The van der Waals surface area contributed by atoms with Crippen molar-refractivity contribution in [3.05, 3.63) is 58.7 Å². The van der Waals surface area contributed by atoms with Crippen molar-refractivity contribution in [3.63, 3.8) is 0 Å². The van der Waals surface area contributed by atoms with Gasteiger partial charge in [0.2, 0.25) is 5.82 Å². The molecule has 0 spiro atoms. The molecule has 2 aromatic heterocycles. The predicted octanol–water partition coefficient (Wildman–Crippen LogP) is 4.05. The number of nitriles is 2. The molecule has 0 atom stereocenters. The number of allylic oxidation sites excluding steroid dienone is 1. The van der Waals surface area contributed by atoms with Gasteiger partial charge >= 0.3 is 0 Å². The van der Waals surface area contributed by atoms with E-state index in [4.69, 9.17) is 9.78 Å². The topological polar surface area (TPSA) is 91.4 Å². The molecule has 0 saturated carbocycles. The van der Waals surface area contributed by atoms with E-state index >= 15 is 0 Å². The third-order valence-corrected chi connectivity index (χ3v) is 4.23. The average Bonchev–Trinajstić information content (AvgIpc) is 3.21. The quantitative estimate of drug-likeness (QED) is 0.666. The fraction of sp³-hybridized carbons (Fsp3) is 0.200. The zero-order valence-electron chi connectivity index (χ0n) is 14.8. The summed E-state index contributed by atoms with van der Waals surface area (Å²) in [5.41, 5.74) is 4.98. The van der Waals surface area contributed by atoms with E-state index in [-0.39, 0.29) is 18.0 Å². The smallest absolute Gasteiger partial charge is 0.268 e. The van der Waals surface area contributed by atoms with Gasteiger partial charge in [-0.25, -0.2) is 0 Å².